The molecule has 0 bridgehead atoms. The molecule has 2 fully saturated rings. The van der Waals surface area contributed by atoms with E-state index in [2.05, 4.69) is 11.8 Å². The van der Waals surface area contributed by atoms with Crippen molar-refractivity contribution < 1.29 is 13.2 Å². The SMILES string of the molecule is CC1CCCCN1CC(=O)N1CCN(S(=O)(=O)c2ccccc2Cl)CC1. The van der Waals surface area contributed by atoms with Gasteiger partial charge >= 0.3 is 0 Å². The smallest absolute Gasteiger partial charge is 0.244 e. The Morgan fingerprint density at radius 3 is 2.46 bits per heavy atom. The molecule has 0 saturated carbocycles. The lowest BCUT2D eigenvalue weighted by Crippen LogP contribution is -2.53. The molecular formula is C18H26ClN3O3S. The normalized spacial score (nSPS) is 23.2. The average molecular weight is 400 g/mol. The molecule has 2 aliphatic rings. The molecule has 144 valence electrons. The van der Waals surface area contributed by atoms with Crippen LogP contribution in [-0.4, -0.2) is 73.7 Å². The first-order chi connectivity index (χ1) is 12.4. The fourth-order valence-electron chi connectivity index (χ4n) is 3.64. The number of nitrogens with zero attached hydrogens (tertiary/aromatic N) is 3. The number of halogens is 1. The predicted octanol–water partition coefficient (Wildman–Crippen LogP) is 2.05. The van der Waals surface area contributed by atoms with Gasteiger partial charge in [0.15, 0.2) is 0 Å². The van der Waals surface area contributed by atoms with Crippen molar-refractivity contribution in [2.24, 2.45) is 0 Å². The van der Waals surface area contributed by atoms with E-state index >= 15 is 0 Å². The molecule has 0 radical (unpaired) electrons. The number of hydrogen-bond donors (Lipinski definition) is 0. The van der Waals surface area contributed by atoms with Gasteiger partial charge in [-0.25, -0.2) is 8.42 Å². The number of rotatable bonds is 4. The first-order valence-electron chi connectivity index (χ1n) is 9.16. The first-order valence-corrected chi connectivity index (χ1v) is 11.0. The number of piperidine rings is 1. The summed E-state index contributed by atoms with van der Waals surface area (Å²) in [5, 5.41) is 0.227. The number of likely N-dealkylation sites (tertiary alicyclic amines) is 1. The lowest BCUT2D eigenvalue weighted by molar-refractivity contribution is -0.134. The quantitative estimate of drug-likeness (QED) is 0.777. The summed E-state index contributed by atoms with van der Waals surface area (Å²) in [6, 6.07) is 6.91. The summed E-state index contributed by atoms with van der Waals surface area (Å²) < 4.78 is 27.0. The highest BCUT2D eigenvalue weighted by Gasteiger charge is 2.32. The summed E-state index contributed by atoms with van der Waals surface area (Å²) in [5.41, 5.74) is 0. The van der Waals surface area contributed by atoms with Gasteiger partial charge in [-0.1, -0.05) is 30.2 Å². The maximum Gasteiger partial charge on any atom is 0.244 e. The summed E-state index contributed by atoms with van der Waals surface area (Å²) in [6.45, 7) is 5.01. The minimum atomic E-state index is -3.62. The van der Waals surface area contributed by atoms with Crippen LogP contribution in [0.15, 0.2) is 29.2 Å². The molecule has 3 rings (SSSR count). The average Bonchev–Trinajstić information content (AvgIpc) is 2.64. The van der Waals surface area contributed by atoms with E-state index in [1.807, 2.05) is 0 Å². The van der Waals surface area contributed by atoms with E-state index in [4.69, 9.17) is 11.6 Å². The molecule has 0 aliphatic carbocycles. The zero-order valence-electron chi connectivity index (χ0n) is 15.1. The van der Waals surface area contributed by atoms with E-state index in [-0.39, 0.29) is 15.8 Å². The van der Waals surface area contributed by atoms with Crippen molar-refractivity contribution in [2.45, 2.75) is 37.1 Å². The van der Waals surface area contributed by atoms with Gasteiger partial charge in [-0.15, -0.1) is 0 Å². The summed E-state index contributed by atoms with van der Waals surface area (Å²) in [7, 11) is -3.62. The topological polar surface area (TPSA) is 60.9 Å². The summed E-state index contributed by atoms with van der Waals surface area (Å²) >= 11 is 6.05. The minimum absolute atomic E-state index is 0.0912. The van der Waals surface area contributed by atoms with Gasteiger partial charge in [0.1, 0.15) is 4.90 Å². The number of sulfonamides is 1. The van der Waals surface area contributed by atoms with Crippen LogP contribution in [0.3, 0.4) is 0 Å². The Labute approximate surface area is 160 Å². The van der Waals surface area contributed by atoms with Crippen LogP contribution in [0.2, 0.25) is 5.02 Å². The highest BCUT2D eigenvalue weighted by molar-refractivity contribution is 7.89. The van der Waals surface area contributed by atoms with Crippen molar-refractivity contribution in [1.82, 2.24) is 14.1 Å². The maximum atomic E-state index is 12.8. The second kappa shape index (κ2) is 8.25. The van der Waals surface area contributed by atoms with Crippen LogP contribution in [0.5, 0.6) is 0 Å². The van der Waals surface area contributed by atoms with E-state index in [1.165, 1.54) is 16.8 Å². The maximum absolute atomic E-state index is 12.8. The van der Waals surface area contributed by atoms with Gasteiger partial charge in [-0.2, -0.15) is 4.31 Å². The molecule has 1 atom stereocenters. The van der Waals surface area contributed by atoms with E-state index in [1.54, 1.807) is 23.1 Å². The van der Waals surface area contributed by atoms with Crippen LogP contribution in [0.1, 0.15) is 26.2 Å². The fraction of sp³-hybridized carbons (Fsp3) is 0.611. The number of piperazine rings is 1. The van der Waals surface area contributed by atoms with Gasteiger partial charge in [-0.3, -0.25) is 9.69 Å². The molecule has 1 unspecified atom stereocenters. The predicted molar refractivity (Wildman–Crippen MR) is 102 cm³/mol. The molecule has 1 amide bonds. The number of carbonyl (C=O) groups is 1. The molecule has 26 heavy (non-hydrogen) atoms. The molecule has 8 heteroatoms. The van der Waals surface area contributed by atoms with Crippen LogP contribution in [0, 0.1) is 0 Å². The Bertz CT molecular complexity index is 748. The molecule has 2 heterocycles. The van der Waals surface area contributed by atoms with E-state index < -0.39 is 10.0 Å². The van der Waals surface area contributed by atoms with E-state index in [0.29, 0.717) is 38.8 Å². The van der Waals surface area contributed by atoms with Gasteiger partial charge in [0.25, 0.3) is 0 Å². The summed E-state index contributed by atoms with van der Waals surface area (Å²) in [4.78, 5) is 16.7. The van der Waals surface area contributed by atoms with Crippen molar-refractivity contribution in [3.05, 3.63) is 29.3 Å². The van der Waals surface area contributed by atoms with Gasteiger partial charge in [0.05, 0.1) is 11.6 Å². The Morgan fingerprint density at radius 2 is 1.81 bits per heavy atom. The number of carbonyl (C=O) groups excluding carboxylic acids is 1. The first kappa shape index (κ1) is 19.6. The molecule has 0 spiro atoms. The lowest BCUT2D eigenvalue weighted by atomic mass is 10.0. The van der Waals surface area contributed by atoms with Crippen LogP contribution in [0.25, 0.3) is 0 Å². The van der Waals surface area contributed by atoms with Crippen LogP contribution < -0.4 is 0 Å². The van der Waals surface area contributed by atoms with E-state index in [0.717, 1.165) is 19.4 Å². The van der Waals surface area contributed by atoms with Crippen molar-refractivity contribution >= 4 is 27.5 Å². The third-order valence-electron chi connectivity index (χ3n) is 5.32. The zero-order valence-corrected chi connectivity index (χ0v) is 16.7. The summed E-state index contributed by atoms with van der Waals surface area (Å²) in [6.07, 6.45) is 3.50. The standard InChI is InChI=1S/C18H26ClN3O3S/c1-15-6-4-5-9-21(15)14-18(23)20-10-12-22(13-11-20)26(24,25)17-8-3-2-7-16(17)19/h2-3,7-8,15H,4-6,9-14H2,1H3. The molecule has 0 aromatic heterocycles. The Hall–Kier alpha value is -1.15. The van der Waals surface area contributed by atoms with Gasteiger partial charge in [0, 0.05) is 32.2 Å². The minimum Gasteiger partial charge on any atom is -0.339 e. The Balaban J connectivity index is 1.58. The van der Waals surface area contributed by atoms with Crippen molar-refractivity contribution in [2.75, 3.05) is 39.3 Å². The molecule has 2 saturated heterocycles. The number of hydrogen-bond acceptors (Lipinski definition) is 4. The number of amides is 1. The van der Waals surface area contributed by atoms with Crippen molar-refractivity contribution in [1.29, 1.82) is 0 Å². The van der Waals surface area contributed by atoms with Crippen LogP contribution >= 0.6 is 11.6 Å². The van der Waals surface area contributed by atoms with Crippen LogP contribution in [-0.2, 0) is 14.8 Å². The van der Waals surface area contributed by atoms with Gasteiger partial charge in [0.2, 0.25) is 15.9 Å². The van der Waals surface area contributed by atoms with Crippen molar-refractivity contribution in [3.63, 3.8) is 0 Å². The third-order valence-corrected chi connectivity index (χ3v) is 7.72. The second-order valence-corrected chi connectivity index (χ2v) is 9.34. The summed E-state index contributed by atoms with van der Waals surface area (Å²) in [5.74, 6) is 0.0912. The number of benzene rings is 1. The van der Waals surface area contributed by atoms with Crippen LogP contribution in [0.4, 0.5) is 0 Å². The third kappa shape index (κ3) is 4.22. The highest BCUT2D eigenvalue weighted by Crippen LogP contribution is 2.25. The molecule has 2 aliphatic heterocycles. The van der Waals surface area contributed by atoms with E-state index in [9.17, 15) is 13.2 Å². The fourth-order valence-corrected chi connectivity index (χ4v) is 5.55. The van der Waals surface area contributed by atoms with Crippen molar-refractivity contribution in [3.8, 4) is 0 Å². The highest BCUT2D eigenvalue weighted by atomic mass is 35.5. The second-order valence-electron chi connectivity index (χ2n) is 7.03. The molecule has 1 aromatic rings. The van der Waals surface area contributed by atoms with Gasteiger partial charge in [-0.05, 0) is 38.4 Å². The lowest BCUT2D eigenvalue weighted by Gasteiger charge is -2.37. The molecular weight excluding hydrogens is 374 g/mol. The molecule has 0 N–H and O–H groups in total. The largest absolute Gasteiger partial charge is 0.339 e. The zero-order chi connectivity index (χ0) is 18.7. The Kier molecular flexibility index (Phi) is 6.22. The molecule has 1 aromatic carbocycles. The Morgan fingerprint density at radius 1 is 1.12 bits per heavy atom. The van der Waals surface area contributed by atoms with Gasteiger partial charge < -0.3 is 4.90 Å². The monoisotopic (exact) mass is 399 g/mol. The molecule has 6 nitrogen and oxygen atoms in total.